The van der Waals surface area contributed by atoms with Crippen LogP contribution in [0.4, 0.5) is 5.69 Å². The molecule has 88 valence electrons. The number of carbonyl (C=O) groups is 1. The molecule has 6 heteroatoms. The van der Waals surface area contributed by atoms with Gasteiger partial charge in [-0.2, -0.15) is 5.10 Å². The van der Waals surface area contributed by atoms with Crippen LogP contribution in [0.1, 0.15) is 16.2 Å². The van der Waals surface area contributed by atoms with Gasteiger partial charge in [0.15, 0.2) is 5.82 Å². The van der Waals surface area contributed by atoms with Gasteiger partial charge < -0.3 is 11.1 Å². The second kappa shape index (κ2) is 4.65. The maximum Gasteiger partial charge on any atom is 0.251 e. The minimum absolute atomic E-state index is 0.190. The Labute approximate surface area is 98.5 Å². The van der Waals surface area contributed by atoms with Crippen molar-refractivity contribution >= 4 is 11.6 Å². The summed E-state index contributed by atoms with van der Waals surface area (Å²) >= 11 is 0. The van der Waals surface area contributed by atoms with E-state index in [1.165, 1.54) is 0 Å². The Bertz CT molecular complexity index is 534. The van der Waals surface area contributed by atoms with Crippen molar-refractivity contribution in [3.63, 3.8) is 0 Å². The van der Waals surface area contributed by atoms with Crippen molar-refractivity contribution in [2.45, 2.75) is 6.54 Å². The van der Waals surface area contributed by atoms with Crippen molar-refractivity contribution in [2.75, 3.05) is 5.73 Å². The number of nitrogens with zero attached hydrogens (tertiary/aromatic N) is 3. The fourth-order valence-corrected chi connectivity index (χ4v) is 1.41. The number of hydrogen-bond acceptors (Lipinski definition) is 4. The summed E-state index contributed by atoms with van der Waals surface area (Å²) in [4.78, 5) is 15.8. The summed E-state index contributed by atoms with van der Waals surface area (Å²) in [5, 5.41) is 6.78. The van der Waals surface area contributed by atoms with Crippen LogP contribution in [0.25, 0.3) is 0 Å². The first-order chi connectivity index (χ1) is 8.15. The zero-order valence-corrected chi connectivity index (χ0v) is 9.42. The molecule has 1 heterocycles. The quantitative estimate of drug-likeness (QED) is 0.745. The summed E-state index contributed by atoms with van der Waals surface area (Å²) in [6.45, 7) is 0.300. The third-order valence-electron chi connectivity index (χ3n) is 2.20. The highest BCUT2D eigenvalue weighted by molar-refractivity contribution is 5.94. The minimum Gasteiger partial charge on any atom is -0.399 e. The van der Waals surface area contributed by atoms with E-state index in [2.05, 4.69) is 15.4 Å². The first-order valence-electron chi connectivity index (χ1n) is 5.13. The van der Waals surface area contributed by atoms with Gasteiger partial charge in [0.25, 0.3) is 5.91 Å². The molecular weight excluding hydrogens is 218 g/mol. The normalized spacial score (nSPS) is 10.2. The molecule has 0 radical (unpaired) electrons. The smallest absolute Gasteiger partial charge is 0.251 e. The summed E-state index contributed by atoms with van der Waals surface area (Å²) in [7, 11) is 1.77. The summed E-state index contributed by atoms with van der Waals surface area (Å²) < 4.78 is 1.59. The van der Waals surface area contributed by atoms with E-state index in [-0.39, 0.29) is 5.91 Å². The van der Waals surface area contributed by atoms with E-state index in [0.717, 1.165) is 0 Å². The molecule has 0 fully saturated rings. The monoisotopic (exact) mass is 231 g/mol. The molecule has 0 saturated carbocycles. The summed E-state index contributed by atoms with van der Waals surface area (Å²) in [6.07, 6.45) is 1.59. The van der Waals surface area contributed by atoms with Crippen LogP contribution in [0.3, 0.4) is 0 Å². The number of rotatable bonds is 3. The molecule has 6 nitrogen and oxygen atoms in total. The van der Waals surface area contributed by atoms with E-state index in [1.807, 2.05) is 0 Å². The molecule has 0 bridgehead atoms. The Morgan fingerprint density at radius 3 is 3.00 bits per heavy atom. The summed E-state index contributed by atoms with van der Waals surface area (Å²) in [5.74, 6) is 0.384. The highest BCUT2D eigenvalue weighted by Crippen LogP contribution is 2.06. The van der Waals surface area contributed by atoms with Gasteiger partial charge in [-0.15, -0.1) is 0 Å². The van der Waals surface area contributed by atoms with Gasteiger partial charge in [0.05, 0.1) is 6.54 Å². The third-order valence-corrected chi connectivity index (χ3v) is 2.20. The SMILES string of the molecule is Cn1cnc(CNC(=O)c2cccc(N)c2)n1. The first kappa shape index (κ1) is 11.1. The van der Waals surface area contributed by atoms with Crippen LogP contribution < -0.4 is 11.1 Å². The average Bonchev–Trinajstić information content (AvgIpc) is 2.72. The highest BCUT2D eigenvalue weighted by atomic mass is 16.1. The van der Waals surface area contributed by atoms with Gasteiger partial charge in [0, 0.05) is 18.3 Å². The Morgan fingerprint density at radius 2 is 2.35 bits per heavy atom. The van der Waals surface area contributed by atoms with E-state index in [4.69, 9.17) is 5.73 Å². The maximum absolute atomic E-state index is 11.7. The van der Waals surface area contributed by atoms with Gasteiger partial charge in [0.2, 0.25) is 0 Å². The number of carbonyl (C=O) groups excluding carboxylic acids is 1. The second-order valence-corrected chi connectivity index (χ2v) is 3.64. The van der Waals surface area contributed by atoms with E-state index >= 15 is 0 Å². The van der Waals surface area contributed by atoms with Crippen LogP contribution in [0.2, 0.25) is 0 Å². The molecule has 0 aliphatic carbocycles. The molecule has 0 aliphatic heterocycles. The van der Waals surface area contributed by atoms with Crippen molar-refractivity contribution in [1.29, 1.82) is 0 Å². The standard InChI is InChI=1S/C11H13N5O/c1-16-7-14-10(15-16)6-13-11(17)8-3-2-4-9(12)5-8/h2-5,7H,6,12H2,1H3,(H,13,17). The first-order valence-corrected chi connectivity index (χ1v) is 5.13. The molecular formula is C11H13N5O. The molecule has 0 spiro atoms. The fourth-order valence-electron chi connectivity index (χ4n) is 1.41. The number of nitrogens with two attached hydrogens (primary N) is 1. The van der Waals surface area contributed by atoms with Gasteiger partial charge in [-0.3, -0.25) is 9.48 Å². The lowest BCUT2D eigenvalue weighted by molar-refractivity contribution is 0.0950. The highest BCUT2D eigenvalue weighted by Gasteiger charge is 2.06. The van der Waals surface area contributed by atoms with Gasteiger partial charge in [0.1, 0.15) is 6.33 Å². The number of benzene rings is 1. The van der Waals surface area contributed by atoms with Crippen molar-refractivity contribution in [3.05, 3.63) is 42.0 Å². The van der Waals surface area contributed by atoms with Crippen LogP contribution >= 0.6 is 0 Å². The number of nitrogens with one attached hydrogen (secondary N) is 1. The van der Waals surface area contributed by atoms with Crippen molar-refractivity contribution in [2.24, 2.45) is 7.05 Å². The Hall–Kier alpha value is -2.37. The topological polar surface area (TPSA) is 85.8 Å². The van der Waals surface area contributed by atoms with E-state index in [9.17, 15) is 4.79 Å². The Morgan fingerprint density at radius 1 is 1.53 bits per heavy atom. The fraction of sp³-hybridized carbons (Fsp3) is 0.182. The second-order valence-electron chi connectivity index (χ2n) is 3.64. The lowest BCUT2D eigenvalue weighted by atomic mass is 10.2. The molecule has 2 aromatic rings. The average molecular weight is 231 g/mol. The summed E-state index contributed by atoms with van der Waals surface area (Å²) in [6, 6.07) is 6.80. The molecule has 0 unspecified atom stereocenters. The number of aryl methyl sites for hydroxylation is 1. The number of hydrogen-bond donors (Lipinski definition) is 2. The maximum atomic E-state index is 11.7. The zero-order chi connectivity index (χ0) is 12.3. The number of nitrogen functional groups attached to an aromatic ring is 1. The van der Waals surface area contributed by atoms with Crippen molar-refractivity contribution in [3.8, 4) is 0 Å². The molecule has 0 saturated heterocycles. The lowest BCUT2D eigenvalue weighted by Gasteiger charge is -2.03. The molecule has 2 rings (SSSR count). The largest absolute Gasteiger partial charge is 0.399 e. The number of aromatic nitrogens is 3. The molecule has 0 atom stereocenters. The molecule has 0 aliphatic rings. The lowest BCUT2D eigenvalue weighted by Crippen LogP contribution is -2.23. The van der Waals surface area contributed by atoms with Crippen molar-refractivity contribution in [1.82, 2.24) is 20.1 Å². The van der Waals surface area contributed by atoms with Crippen LogP contribution in [0.5, 0.6) is 0 Å². The molecule has 3 N–H and O–H groups in total. The van der Waals surface area contributed by atoms with Crippen LogP contribution in [0.15, 0.2) is 30.6 Å². The van der Waals surface area contributed by atoms with Gasteiger partial charge >= 0.3 is 0 Å². The Kier molecular flexibility index (Phi) is 3.04. The van der Waals surface area contributed by atoms with Crippen LogP contribution in [-0.4, -0.2) is 20.7 Å². The number of anilines is 1. The minimum atomic E-state index is -0.190. The van der Waals surface area contributed by atoms with Crippen LogP contribution in [0, 0.1) is 0 Å². The van der Waals surface area contributed by atoms with Gasteiger partial charge in [-0.25, -0.2) is 4.98 Å². The molecule has 17 heavy (non-hydrogen) atoms. The van der Waals surface area contributed by atoms with Gasteiger partial charge in [-0.1, -0.05) is 6.07 Å². The Balaban J connectivity index is 1.98. The number of amides is 1. The molecule has 1 aromatic carbocycles. The predicted molar refractivity (Wildman–Crippen MR) is 63.0 cm³/mol. The van der Waals surface area contributed by atoms with Crippen molar-refractivity contribution < 1.29 is 4.79 Å². The molecule has 1 aromatic heterocycles. The van der Waals surface area contributed by atoms with Crippen LogP contribution in [-0.2, 0) is 13.6 Å². The third kappa shape index (κ3) is 2.81. The van der Waals surface area contributed by atoms with E-state index in [0.29, 0.717) is 23.6 Å². The predicted octanol–water partition coefficient (Wildman–Crippen LogP) is 0.327. The zero-order valence-electron chi connectivity index (χ0n) is 9.42. The van der Waals surface area contributed by atoms with Gasteiger partial charge in [-0.05, 0) is 18.2 Å². The summed E-state index contributed by atoms with van der Waals surface area (Å²) in [5.41, 5.74) is 6.69. The molecule has 1 amide bonds. The van der Waals surface area contributed by atoms with E-state index in [1.54, 1.807) is 42.3 Å². The van der Waals surface area contributed by atoms with E-state index < -0.39 is 0 Å².